The zero-order chi connectivity index (χ0) is 41.6. The summed E-state index contributed by atoms with van der Waals surface area (Å²) in [7, 11) is 0. The Kier molecular flexibility index (Phi) is 12.9. The molecule has 10 atom stereocenters. The summed E-state index contributed by atoms with van der Waals surface area (Å²) >= 11 is 0. The second-order valence-corrected chi connectivity index (χ2v) is 12.9. The van der Waals surface area contributed by atoms with Crippen molar-refractivity contribution in [2.75, 3.05) is 13.2 Å². The summed E-state index contributed by atoms with van der Waals surface area (Å²) < 4.78 is 28.1. The number of carbonyl (C=O) groups is 8. The van der Waals surface area contributed by atoms with Crippen LogP contribution in [0.25, 0.3) is 0 Å². The van der Waals surface area contributed by atoms with Crippen LogP contribution in [0.3, 0.4) is 0 Å². The lowest BCUT2D eigenvalue weighted by molar-refractivity contribution is -0.328. The summed E-state index contributed by atoms with van der Waals surface area (Å²) in [6, 6.07) is 0. The van der Waals surface area contributed by atoms with Gasteiger partial charge in [0.25, 0.3) is 0 Å². The number of esters is 3. The maximum atomic E-state index is 14.6. The highest BCUT2D eigenvalue weighted by molar-refractivity contribution is 6.14. The molecule has 20 nitrogen and oxygen atoms in total. The van der Waals surface area contributed by atoms with Crippen LogP contribution in [-0.2, 0) is 48.6 Å². The lowest BCUT2D eigenvalue weighted by Gasteiger charge is -2.60. The third-order valence-corrected chi connectivity index (χ3v) is 9.32. The quantitative estimate of drug-likeness (QED) is 0.0641. The highest BCUT2D eigenvalue weighted by Gasteiger charge is 2.82. The molecule has 0 amide bonds. The van der Waals surface area contributed by atoms with Gasteiger partial charge < -0.3 is 59.4 Å². The molecule has 2 fully saturated rings. The molecule has 7 N–H and O–H groups in total. The molecule has 0 spiro atoms. The van der Waals surface area contributed by atoms with Crippen molar-refractivity contribution in [3.63, 3.8) is 0 Å². The SMILES string of the molecule is CC(=O)Oc1c(C(C)=O)c(C(C)=O)c(OC(C)=O)c(C2(C(C)=O)O[C@H](CO)[C@@H](O)[C@@](O)(C(C)=O)[C@]2(OC(C)=O)C(C)=O)c1C1O[C@H](CO)[C@@H](O)[C@H](O)[C@H]1O. The van der Waals surface area contributed by atoms with Crippen molar-refractivity contribution in [1.82, 2.24) is 0 Å². The summed E-state index contributed by atoms with van der Waals surface area (Å²) in [5, 5.41) is 77.4. The van der Waals surface area contributed by atoms with E-state index >= 15 is 0 Å². The van der Waals surface area contributed by atoms with E-state index in [4.69, 9.17) is 23.7 Å². The van der Waals surface area contributed by atoms with Crippen LogP contribution in [0.1, 0.15) is 93.3 Å². The van der Waals surface area contributed by atoms with Gasteiger partial charge in [0.2, 0.25) is 16.8 Å². The van der Waals surface area contributed by atoms with Crippen molar-refractivity contribution >= 4 is 46.8 Å². The van der Waals surface area contributed by atoms with Gasteiger partial charge in [-0.1, -0.05) is 0 Å². The van der Waals surface area contributed by atoms with Gasteiger partial charge in [0.05, 0.1) is 24.3 Å². The number of ketones is 5. The lowest BCUT2D eigenvalue weighted by atomic mass is 9.56. The van der Waals surface area contributed by atoms with E-state index in [1.165, 1.54) is 0 Å². The van der Waals surface area contributed by atoms with E-state index < -0.39 is 153 Å². The highest BCUT2D eigenvalue weighted by atomic mass is 16.6. The first-order chi connectivity index (χ1) is 24.9. The Morgan fingerprint density at radius 1 is 0.630 bits per heavy atom. The Bertz CT molecular complexity index is 1780. The molecule has 54 heavy (non-hydrogen) atoms. The second-order valence-electron chi connectivity index (χ2n) is 12.9. The van der Waals surface area contributed by atoms with Crippen LogP contribution in [0.2, 0.25) is 0 Å². The summed E-state index contributed by atoms with van der Waals surface area (Å²) in [5.41, 5.74) is -15.9. The molecular weight excluding hydrogens is 728 g/mol. The molecule has 0 aromatic heterocycles. The molecule has 2 aliphatic rings. The zero-order valence-electron chi connectivity index (χ0n) is 30.4. The van der Waals surface area contributed by atoms with Gasteiger partial charge in [0.1, 0.15) is 54.2 Å². The van der Waals surface area contributed by atoms with Crippen LogP contribution >= 0.6 is 0 Å². The van der Waals surface area contributed by atoms with Gasteiger partial charge in [-0.15, -0.1) is 0 Å². The highest BCUT2D eigenvalue weighted by Crippen LogP contribution is 2.60. The lowest BCUT2D eigenvalue weighted by Crippen LogP contribution is -2.85. The molecule has 2 aliphatic heterocycles. The Labute approximate surface area is 306 Å². The standard InChI is InChI=1S/C34H42O20/c1-11(37)21-22(12(2)38)29(51-17(7)43)24(23(28(21)50-16(6)42)30-27(47)26(46)25(45)19(9-35)52-30)33(14(4)40)34(15(5)41,53-18(8)44)32(49,13(3)39)31(48)20(10-36)54-33/h19-20,25-27,30-31,35-36,45-49H,9-10H2,1-8H3/t19-,20-,25-,26+,27-,30?,31-,32+,33?,34-/m1/s1. The third kappa shape index (κ3) is 6.56. The largest absolute Gasteiger partial charge is 0.443 e. The monoisotopic (exact) mass is 770 g/mol. The molecule has 20 heteroatoms. The maximum absolute atomic E-state index is 14.6. The molecular formula is C34H42O20. The first-order valence-electron chi connectivity index (χ1n) is 16.2. The van der Waals surface area contributed by atoms with Crippen LogP contribution in [0, 0.1) is 0 Å². The predicted octanol–water partition coefficient (Wildman–Crippen LogP) is -2.80. The van der Waals surface area contributed by atoms with E-state index in [1.807, 2.05) is 0 Å². The van der Waals surface area contributed by atoms with Crippen molar-refractivity contribution in [2.45, 2.75) is 115 Å². The smallest absolute Gasteiger partial charge is 0.308 e. The number of Topliss-reactive ketones (excluding diaryl/α,β-unsaturated/α-hetero) is 5. The molecule has 1 aromatic carbocycles. The topological polar surface area (TPSA) is 324 Å². The minimum Gasteiger partial charge on any atom is -0.443 e. The molecule has 2 unspecified atom stereocenters. The fraction of sp³-hybridized carbons (Fsp3) is 0.588. The second kappa shape index (κ2) is 15.8. The average molecular weight is 771 g/mol. The van der Waals surface area contributed by atoms with E-state index in [2.05, 4.69) is 0 Å². The number of carbonyl (C=O) groups excluding carboxylic acids is 8. The summed E-state index contributed by atoms with van der Waals surface area (Å²) in [6.07, 6.45) is -16.2. The molecule has 0 radical (unpaired) electrons. The normalized spacial score (nSPS) is 32.2. The van der Waals surface area contributed by atoms with Crippen LogP contribution in [-0.4, -0.2) is 144 Å². The first-order valence-corrected chi connectivity index (χ1v) is 16.2. The van der Waals surface area contributed by atoms with Crippen molar-refractivity contribution in [2.24, 2.45) is 0 Å². The van der Waals surface area contributed by atoms with Gasteiger partial charge in [-0.05, 0) is 34.6 Å². The molecule has 0 saturated carbocycles. The summed E-state index contributed by atoms with van der Waals surface area (Å²) in [5.74, 6) is -13.8. The van der Waals surface area contributed by atoms with E-state index in [-0.39, 0.29) is 0 Å². The van der Waals surface area contributed by atoms with E-state index in [0.717, 1.165) is 27.7 Å². The number of hydrogen-bond acceptors (Lipinski definition) is 20. The van der Waals surface area contributed by atoms with Gasteiger partial charge in [0, 0.05) is 31.9 Å². The Balaban J connectivity index is 3.08. The molecule has 0 bridgehead atoms. The fourth-order valence-electron chi connectivity index (χ4n) is 7.26. The Morgan fingerprint density at radius 3 is 1.50 bits per heavy atom. The number of rotatable bonds is 12. The molecule has 298 valence electrons. The Hall–Kier alpha value is -4.38. The van der Waals surface area contributed by atoms with E-state index in [0.29, 0.717) is 27.7 Å². The minimum absolute atomic E-state index is 0.561. The molecule has 0 aliphatic carbocycles. The van der Waals surface area contributed by atoms with E-state index in [1.54, 1.807) is 0 Å². The number of aliphatic hydroxyl groups excluding tert-OH is 6. The van der Waals surface area contributed by atoms with Crippen molar-refractivity contribution < 1.29 is 97.8 Å². The van der Waals surface area contributed by atoms with E-state index in [9.17, 15) is 74.1 Å². The van der Waals surface area contributed by atoms with Crippen LogP contribution < -0.4 is 9.47 Å². The summed E-state index contributed by atoms with van der Waals surface area (Å²) in [6.45, 7) is 3.00. The van der Waals surface area contributed by atoms with Crippen LogP contribution in [0.4, 0.5) is 0 Å². The maximum Gasteiger partial charge on any atom is 0.308 e. The number of ether oxygens (including phenoxy) is 5. The Morgan fingerprint density at radius 2 is 1.11 bits per heavy atom. The molecule has 2 heterocycles. The van der Waals surface area contributed by atoms with Gasteiger partial charge in [-0.25, -0.2) is 0 Å². The predicted molar refractivity (Wildman–Crippen MR) is 173 cm³/mol. The number of aliphatic hydroxyl groups is 7. The third-order valence-electron chi connectivity index (χ3n) is 9.32. The fourth-order valence-corrected chi connectivity index (χ4v) is 7.26. The first kappa shape index (κ1) is 44.0. The molecule has 1 aromatic rings. The van der Waals surface area contributed by atoms with Crippen LogP contribution in [0.5, 0.6) is 11.5 Å². The van der Waals surface area contributed by atoms with Gasteiger partial charge in [-0.3, -0.25) is 38.4 Å². The minimum atomic E-state index is -3.90. The van der Waals surface area contributed by atoms with Crippen molar-refractivity contribution in [3.8, 4) is 11.5 Å². The van der Waals surface area contributed by atoms with Crippen molar-refractivity contribution in [3.05, 3.63) is 22.3 Å². The summed E-state index contributed by atoms with van der Waals surface area (Å²) in [4.78, 5) is 108. The average Bonchev–Trinajstić information content (AvgIpc) is 3.05. The zero-order valence-corrected chi connectivity index (χ0v) is 30.4. The molecule has 3 rings (SSSR count). The van der Waals surface area contributed by atoms with Crippen molar-refractivity contribution in [1.29, 1.82) is 0 Å². The number of hydrogen-bond donors (Lipinski definition) is 7. The van der Waals surface area contributed by atoms with Gasteiger partial charge in [0.15, 0.2) is 28.9 Å². The van der Waals surface area contributed by atoms with Crippen LogP contribution in [0.15, 0.2) is 0 Å². The number of benzene rings is 1. The molecule has 2 saturated heterocycles. The van der Waals surface area contributed by atoms with Gasteiger partial charge >= 0.3 is 17.9 Å². The van der Waals surface area contributed by atoms with Gasteiger partial charge in [-0.2, -0.15) is 0 Å².